The fourth-order valence-electron chi connectivity index (χ4n) is 7.20. The number of amides is 1. The van der Waals surface area contributed by atoms with E-state index >= 15 is 0 Å². The van der Waals surface area contributed by atoms with Gasteiger partial charge in [0.05, 0.1) is 6.67 Å². The van der Waals surface area contributed by atoms with Crippen molar-refractivity contribution in [2.45, 2.75) is 81.7 Å². The molecule has 16 nitrogen and oxygen atoms in total. The van der Waals surface area contributed by atoms with E-state index in [2.05, 4.69) is 97.7 Å². The van der Waals surface area contributed by atoms with Gasteiger partial charge in [0.1, 0.15) is 5.54 Å². The minimum Gasteiger partial charge on any atom is -0.475 e. The number of carbonyl (C=O) groups excluding carboxylic acids is 1. The lowest BCUT2D eigenvalue weighted by Crippen LogP contribution is -2.56. The summed E-state index contributed by atoms with van der Waals surface area (Å²) in [4.78, 5) is 59.3. The van der Waals surface area contributed by atoms with Gasteiger partial charge < -0.3 is 51.9 Å². The van der Waals surface area contributed by atoms with Gasteiger partial charge in [0, 0.05) is 31.9 Å². The molecular weight excluding hydrogens is 1010 g/mol. The van der Waals surface area contributed by atoms with E-state index in [-0.39, 0.29) is 0 Å². The minimum absolute atomic E-state index is 0.319. The fourth-order valence-corrected chi connectivity index (χ4v) is 7.20. The Morgan fingerprint density at radius 1 is 0.589 bits per heavy atom. The molecule has 0 aromatic heterocycles. The summed E-state index contributed by atoms with van der Waals surface area (Å²) in [6.45, 7) is 11.0. The van der Waals surface area contributed by atoms with Crippen LogP contribution in [-0.4, -0.2) is 167 Å². The third kappa shape index (κ3) is 24.1. The highest BCUT2D eigenvalue weighted by molar-refractivity contribution is 5.93. The summed E-state index contributed by atoms with van der Waals surface area (Å²) in [6, 6.07) is 25.8. The maximum atomic E-state index is 14.2. The van der Waals surface area contributed by atoms with Crippen LogP contribution in [0.25, 0.3) is 10.8 Å². The number of rotatable bonds is 18. The van der Waals surface area contributed by atoms with Crippen molar-refractivity contribution in [1.29, 1.82) is 0 Å². The molecule has 2 heterocycles. The summed E-state index contributed by atoms with van der Waals surface area (Å²) in [5.41, 5.74) is 13.5. The molecule has 2 saturated heterocycles. The van der Waals surface area contributed by atoms with Gasteiger partial charge in [0.15, 0.2) is 0 Å². The van der Waals surface area contributed by atoms with E-state index in [0.29, 0.717) is 12.6 Å². The highest BCUT2D eigenvalue weighted by Gasteiger charge is 2.53. The van der Waals surface area contributed by atoms with Crippen LogP contribution in [0, 0.1) is 0 Å². The number of aliphatic carboxylic acids is 4. The van der Waals surface area contributed by atoms with Crippen LogP contribution < -0.4 is 21.7 Å². The predicted molar refractivity (Wildman–Crippen MR) is 242 cm³/mol. The van der Waals surface area contributed by atoms with Gasteiger partial charge >= 0.3 is 48.6 Å². The number of nitrogens with zero attached hydrogens (tertiary/aromatic N) is 4. The summed E-state index contributed by atoms with van der Waals surface area (Å²) in [5, 5.41) is 34.7. The summed E-state index contributed by atoms with van der Waals surface area (Å²) in [7, 11) is 0. The van der Waals surface area contributed by atoms with Crippen LogP contribution in [0.15, 0.2) is 72.8 Å². The number of hydrogen-bond donors (Lipinski definition) is 7. The first kappa shape index (κ1) is 65.0. The van der Waals surface area contributed by atoms with E-state index in [0.717, 1.165) is 123 Å². The number of carboxylic acid groups (broad SMARTS) is 4. The number of benzene rings is 3. The molecule has 2 aliphatic heterocycles. The summed E-state index contributed by atoms with van der Waals surface area (Å²) < 4.78 is 127. The molecule has 3 aromatic rings. The van der Waals surface area contributed by atoms with Gasteiger partial charge in [-0.15, -0.1) is 0 Å². The number of halogens is 12. The van der Waals surface area contributed by atoms with Crippen molar-refractivity contribution in [3.05, 3.63) is 78.4 Å². The second-order valence-corrected chi connectivity index (χ2v) is 16.1. The Balaban J connectivity index is 0.000000771. The first-order valence-corrected chi connectivity index (χ1v) is 22.3. The zero-order valence-corrected chi connectivity index (χ0v) is 39.2. The smallest absolute Gasteiger partial charge is 0.475 e. The van der Waals surface area contributed by atoms with Gasteiger partial charge in [0.25, 0.3) is 0 Å². The maximum absolute atomic E-state index is 14.2. The van der Waals surface area contributed by atoms with Crippen molar-refractivity contribution in [3.63, 3.8) is 0 Å². The molecule has 2 fully saturated rings. The van der Waals surface area contributed by atoms with Gasteiger partial charge in [-0.3, -0.25) is 9.69 Å². The SMILES string of the molecule is NCCCN(CCCN)CCCNCCCCN1CN(c2ccccc2)C2(CCN(Cc3cccc4ccccc34)CC2)C1=O.O=C(O)C(F)(F)F.O=C(O)C(F)(F)F.O=C(O)C(F)(F)F.O=C(O)C(F)(F)F. The van der Waals surface area contributed by atoms with Crippen LogP contribution in [0.2, 0.25) is 0 Å². The van der Waals surface area contributed by atoms with E-state index in [9.17, 15) is 57.5 Å². The van der Waals surface area contributed by atoms with Crippen molar-refractivity contribution >= 4 is 46.2 Å². The Morgan fingerprint density at radius 3 is 1.48 bits per heavy atom. The summed E-state index contributed by atoms with van der Waals surface area (Å²) >= 11 is 0. The molecular formula is C45H59F12N7O9. The van der Waals surface area contributed by atoms with Crippen LogP contribution in [-0.2, 0) is 30.5 Å². The number of carboxylic acids is 4. The number of unbranched alkanes of at least 4 members (excludes halogenated alkanes) is 1. The van der Waals surface area contributed by atoms with Gasteiger partial charge in [-0.25, -0.2) is 19.2 Å². The predicted octanol–water partition coefficient (Wildman–Crippen LogP) is 6.77. The van der Waals surface area contributed by atoms with Crippen molar-refractivity contribution in [2.75, 3.05) is 77.0 Å². The number of anilines is 1. The third-order valence-electron chi connectivity index (χ3n) is 10.7. The first-order valence-electron chi connectivity index (χ1n) is 22.3. The minimum atomic E-state index is -5.08. The second-order valence-electron chi connectivity index (χ2n) is 16.1. The highest BCUT2D eigenvalue weighted by atomic mass is 19.4. The molecule has 5 rings (SSSR count). The van der Waals surface area contributed by atoms with Gasteiger partial charge in [0.2, 0.25) is 5.91 Å². The zero-order chi connectivity index (χ0) is 55.6. The zero-order valence-electron chi connectivity index (χ0n) is 39.2. The van der Waals surface area contributed by atoms with Crippen LogP contribution >= 0.6 is 0 Å². The van der Waals surface area contributed by atoms with E-state index in [1.54, 1.807) is 0 Å². The molecule has 9 N–H and O–H groups in total. The molecule has 0 atom stereocenters. The van der Waals surface area contributed by atoms with Crippen LogP contribution in [0.4, 0.5) is 58.4 Å². The molecule has 2 aliphatic rings. The molecule has 28 heteroatoms. The van der Waals surface area contributed by atoms with Crippen LogP contribution in [0.5, 0.6) is 0 Å². The molecule has 0 radical (unpaired) electrons. The lowest BCUT2D eigenvalue weighted by molar-refractivity contribution is -0.193. The second kappa shape index (κ2) is 30.9. The molecule has 0 saturated carbocycles. The van der Waals surface area contributed by atoms with Crippen molar-refractivity contribution < 1.29 is 97.1 Å². The Morgan fingerprint density at radius 2 is 1.01 bits per heavy atom. The largest absolute Gasteiger partial charge is 0.490 e. The van der Waals surface area contributed by atoms with Crippen LogP contribution in [0.3, 0.4) is 0 Å². The molecule has 0 unspecified atom stereocenters. The number of para-hydroxylation sites is 1. The van der Waals surface area contributed by atoms with Crippen molar-refractivity contribution in [2.24, 2.45) is 11.5 Å². The Labute approximate surface area is 411 Å². The standard InChI is InChI=1S/C37H55N7O.4C2HF3O2/c38-20-9-24-41(25-10-21-39)26-11-23-40-22-6-7-27-43-31-44(34-15-2-1-3-16-34)37(36(43)45)18-28-42(29-19-37)30-33-14-8-13-32-12-4-5-17-35(32)33;4*3-2(4,5)1(6)7/h1-5,8,12-17,40H,6-7,9-11,18-31,38-39H2;4*(H,6,7). The number of nitrogens with two attached hydrogens (primary N) is 2. The molecule has 1 amide bonds. The average Bonchev–Trinajstić information content (AvgIpc) is 3.57. The quantitative estimate of drug-likeness (QED) is 0.0513. The lowest BCUT2D eigenvalue weighted by atomic mass is 9.85. The molecule has 73 heavy (non-hydrogen) atoms. The third-order valence-corrected chi connectivity index (χ3v) is 10.7. The average molecular weight is 1070 g/mol. The number of carbonyl (C=O) groups is 5. The number of likely N-dealkylation sites (tertiary alicyclic amines) is 1. The van der Waals surface area contributed by atoms with E-state index in [4.69, 9.17) is 51.1 Å². The Hall–Kier alpha value is -5.97. The Kier molecular flexibility index (Phi) is 27.6. The molecule has 1 spiro atoms. The van der Waals surface area contributed by atoms with Gasteiger partial charge in [-0.05, 0) is 119 Å². The molecule has 412 valence electrons. The fraction of sp³-hybridized carbons (Fsp3) is 0.533. The summed E-state index contributed by atoms with van der Waals surface area (Å²) in [6.07, 6.45) is -13.3. The van der Waals surface area contributed by atoms with Crippen molar-refractivity contribution in [1.82, 2.24) is 20.0 Å². The number of fused-ring (bicyclic) bond motifs is 1. The van der Waals surface area contributed by atoms with Crippen LogP contribution in [0.1, 0.15) is 50.5 Å². The number of nitrogens with one attached hydrogen (secondary N) is 1. The van der Waals surface area contributed by atoms with E-state index in [1.165, 1.54) is 16.3 Å². The molecule has 0 aliphatic carbocycles. The first-order chi connectivity index (χ1) is 33.9. The van der Waals surface area contributed by atoms with Gasteiger partial charge in [-0.2, -0.15) is 52.7 Å². The maximum Gasteiger partial charge on any atom is 0.490 e. The van der Waals surface area contributed by atoms with E-state index in [1.807, 2.05) is 0 Å². The summed E-state index contributed by atoms with van der Waals surface area (Å²) in [5.74, 6) is -10.7. The van der Waals surface area contributed by atoms with E-state index < -0.39 is 54.1 Å². The topological polar surface area (TPSA) is 243 Å². The highest BCUT2D eigenvalue weighted by Crippen LogP contribution is 2.40. The monoisotopic (exact) mass is 1070 g/mol. The van der Waals surface area contributed by atoms with Gasteiger partial charge in [-0.1, -0.05) is 60.7 Å². The lowest BCUT2D eigenvalue weighted by Gasteiger charge is -2.43. The number of piperidine rings is 1. The molecule has 0 bridgehead atoms. The number of alkyl halides is 12. The Bertz CT molecular complexity index is 2030. The van der Waals surface area contributed by atoms with Crippen molar-refractivity contribution in [3.8, 4) is 0 Å². The number of hydrogen-bond acceptors (Lipinski definition) is 11. The normalized spacial score (nSPS) is 14.8. The molecule has 3 aromatic carbocycles.